The molecule has 0 atom stereocenters. The summed E-state index contributed by atoms with van der Waals surface area (Å²) in [6, 6.07) is 1.76. The van der Waals surface area contributed by atoms with Crippen molar-refractivity contribution in [3.8, 4) is 0 Å². The fourth-order valence-corrected chi connectivity index (χ4v) is 4.76. The zero-order chi connectivity index (χ0) is 20.0. The number of amides is 1. The van der Waals surface area contributed by atoms with Crippen molar-refractivity contribution in [2.75, 3.05) is 23.8 Å². The molecule has 0 fully saturated rings. The van der Waals surface area contributed by atoms with Crippen LogP contribution in [0.1, 0.15) is 22.7 Å². The molecule has 0 saturated heterocycles. The summed E-state index contributed by atoms with van der Waals surface area (Å²) in [5.74, 6) is -3.68. The minimum atomic E-state index is -1.62. The Morgan fingerprint density at radius 2 is 2.00 bits per heavy atom. The number of rotatable bonds is 4. The summed E-state index contributed by atoms with van der Waals surface area (Å²) in [4.78, 5) is 25.2. The molecule has 1 amide bonds. The second kappa shape index (κ2) is 7.05. The zero-order valence-electron chi connectivity index (χ0n) is 15.3. The third-order valence-corrected chi connectivity index (χ3v) is 5.89. The number of fused-ring (bicyclic) bond motifs is 3. The Bertz CT molecular complexity index is 1100. The van der Waals surface area contributed by atoms with Crippen LogP contribution in [-0.2, 0) is 17.6 Å². The fourth-order valence-electron chi connectivity index (χ4n) is 3.46. The number of hydrogen-bond donors (Lipinski definition) is 1. The van der Waals surface area contributed by atoms with Crippen LogP contribution in [0.15, 0.2) is 12.1 Å². The first-order valence-electron chi connectivity index (χ1n) is 8.78. The number of anilines is 2. The van der Waals surface area contributed by atoms with Gasteiger partial charge in [0.25, 0.3) is 0 Å². The average Bonchev–Trinajstić information content (AvgIpc) is 3.22. The lowest BCUT2D eigenvalue weighted by Crippen LogP contribution is -2.31. The molecule has 1 N–H and O–H groups in total. The van der Waals surface area contributed by atoms with E-state index in [4.69, 9.17) is 0 Å². The van der Waals surface area contributed by atoms with Gasteiger partial charge < -0.3 is 10.2 Å². The van der Waals surface area contributed by atoms with Gasteiger partial charge in [-0.2, -0.15) is 0 Å². The first kappa shape index (κ1) is 18.7. The molecule has 0 unspecified atom stereocenters. The van der Waals surface area contributed by atoms with Gasteiger partial charge in [0.05, 0.1) is 17.6 Å². The van der Waals surface area contributed by atoms with Crippen LogP contribution in [0, 0.1) is 24.4 Å². The van der Waals surface area contributed by atoms with Crippen molar-refractivity contribution < 1.29 is 18.0 Å². The summed E-state index contributed by atoms with van der Waals surface area (Å²) in [7, 11) is 1.71. The van der Waals surface area contributed by atoms with E-state index in [-0.39, 0.29) is 6.54 Å². The molecule has 0 radical (unpaired) electrons. The fraction of sp³-hybridized carbons (Fsp3) is 0.316. The minimum absolute atomic E-state index is 0.130. The molecule has 28 heavy (non-hydrogen) atoms. The van der Waals surface area contributed by atoms with Crippen molar-refractivity contribution in [1.29, 1.82) is 0 Å². The normalized spacial score (nSPS) is 13.0. The Hall–Kier alpha value is -2.68. The molecule has 0 spiro atoms. The summed E-state index contributed by atoms with van der Waals surface area (Å²) in [5, 5.41) is 3.24. The van der Waals surface area contributed by atoms with Gasteiger partial charge in [-0.1, -0.05) is 0 Å². The summed E-state index contributed by atoms with van der Waals surface area (Å²) >= 11 is 1.65. The third kappa shape index (κ3) is 3.19. The lowest BCUT2D eigenvalue weighted by atomic mass is 10.2. The zero-order valence-corrected chi connectivity index (χ0v) is 16.1. The van der Waals surface area contributed by atoms with E-state index in [9.17, 15) is 18.0 Å². The number of carbonyl (C=O) groups is 1. The lowest BCUT2D eigenvalue weighted by molar-refractivity contribution is -0.114. The maximum Gasteiger partial charge on any atom is 0.244 e. The molecule has 2 aromatic heterocycles. The molecule has 4 rings (SSSR count). The summed E-state index contributed by atoms with van der Waals surface area (Å²) < 4.78 is 40.2. The molecule has 0 bridgehead atoms. The van der Waals surface area contributed by atoms with Gasteiger partial charge in [0.15, 0.2) is 17.5 Å². The number of benzene rings is 1. The highest BCUT2D eigenvalue weighted by atomic mass is 32.1. The van der Waals surface area contributed by atoms with Crippen molar-refractivity contribution in [3.05, 3.63) is 45.8 Å². The molecule has 1 aromatic carbocycles. The van der Waals surface area contributed by atoms with E-state index >= 15 is 0 Å². The van der Waals surface area contributed by atoms with Gasteiger partial charge in [-0.15, -0.1) is 11.3 Å². The number of likely N-dealkylation sites (N-methyl/N-ethyl adjacent to an activating group) is 1. The van der Waals surface area contributed by atoms with E-state index in [1.165, 1.54) is 10.4 Å². The Morgan fingerprint density at radius 1 is 1.21 bits per heavy atom. The molecule has 9 heteroatoms. The summed E-state index contributed by atoms with van der Waals surface area (Å²) in [5.41, 5.74) is 0.826. The quantitative estimate of drug-likeness (QED) is 0.666. The van der Waals surface area contributed by atoms with Crippen molar-refractivity contribution >= 4 is 39.0 Å². The standard InChI is InChI=1S/C19H17F3N4OS/c1-9-23-18(15-10-4-3-5-13(10)28-19(15)24-9)26(2)8-14(27)25-12-7-6-11(20)16(21)17(12)22/h6-7H,3-5,8H2,1-2H3,(H,25,27). The number of aromatic nitrogens is 2. The first-order chi connectivity index (χ1) is 13.3. The molecular weight excluding hydrogens is 389 g/mol. The molecule has 1 aliphatic rings. The summed E-state index contributed by atoms with van der Waals surface area (Å²) in [6.45, 7) is 1.66. The van der Waals surface area contributed by atoms with Crippen LogP contribution in [0.3, 0.4) is 0 Å². The first-order valence-corrected chi connectivity index (χ1v) is 9.60. The van der Waals surface area contributed by atoms with Crippen LogP contribution >= 0.6 is 11.3 Å². The smallest absolute Gasteiger partial charge is 0.244 e. The molecule has 5 nitrogen and oxygen atoms in total. The van der Waals surface area contributed by atoms with E-state index in [2.05, 4.69) is 15.3 Å². The number of halogens is 3. The predicted octanol–water partition coefficient (Wildman–Crippen LogP) is 3.98. The van der Waals surface area contributed by atoms with Crippen LogP contribution in [0.5, 0.6) is 0 Å². The van der Waals surface area contributed by atoms with Gasteiger partial charge >= 0.3 is 0 Å². The number of aryl methyl sites for hydroxylation is 3. The van der Waals surface area contributed by atoms with Gasteiger partial charge in [0.2, 0.25) is 5.91 Å². The van der Waals surface area contributed by atoms with Gasteiger partial charge in [-0.05, 0) is 43.9 Å². The predicted molar refractivity (Wildman–Crippen MR) is 102 cm³/mol. The molecule has 2 heterocycles. The number of hydrogen-bond acceptors (Lipinski definition) is 5. The molecule has 0 saturated carbocycles. The van der Waals surface area contributed by atoms with E-state index in [0.29, 0.717) is 11.6 Å². The number of nitrogens with one attached hydrogen (secondary N) is 1. The largest absolute Gasteiger partial charge is 0.350 e. The molecular formula is C19H17F3N4OS. The lowest BCUT2D eigenvalue weighted by Gasteiger charge is -2.19. The van der Waals surface area contributed by atoms with E-state index in [1.54, 1.807) is 30.2 Å². The average molecular weight is 406 g/mol. The second-order valence-electron chi connectivity index (χ2n) is 6.76. The van der Waals surface area contributed by atoms with Gasteiger partial charge in [-0.3, -0.25) is 4.79 Å². The number of nitrogens with zero attached hydrogens (tertiary/aromatic N) is 3. The van der Waals surface area contributed by atoms with Crippen LogP contribution in [0.2, 0.25) is 0 Å². The Morgan fingerprint density at radius 3 is 2.79 bits per heavy atom. The van der Waals surface area contributed by atoms with Crippen LogP contribution in [0.4, 0.5) is 24.7 Å². The third-order valence-electron chi connectivity index (χ3n) is 4.71. The van der Waals surface area contributed by atoms with Crippen molar-refractivity contribution in [1.82, 2.24) is 9.97 Å². The molecule has 3 aromatic rings. The van der Waals surface area contributed by atoms with E-state index in [0.717, 1.165) is 41.6 Å². The Labute approximate surface area is 163 Å². The van der Waals surface area contributed by atoms with Crippen molar-refractivity contribution in [2.45, 2.75) is 26.2 Å². The van der Waals surface area contributed by atoms with Crippen LogP contribution < -0.4 is 10.2 Å². The Balaban J connectivity index is 1.60. The minimum Gasteiger partial charge on any atom is -0.350 e. The van der Waals surface area contributed by atoms with Crippen LogP contribution in [0.25, 0.3) is 10.2 Å². The van der Waals surface area contributed by atoms with Crippen molar-refractivity contribution in [3.63, 3.8) is 0 Å². The SMILES string of the molecule is Cc1nc(N(C)CC(=O)Nc2ccc(F)c(F)c2F)c2c3c(sc2n1)CCC3. The highest BCUT2D eigenvalue weighted by Gasteiger charge is 2.24. The van der Waals surface area contributed by atoms with Gasteiger partial charge in [0, 0.05) is 11.9 Å². The monoisotopic (exact) mass is 406 g/mol. The maximum atomic E-state index is 13.8. The van der Waals surface area contributed by atoms with E-state index < -0.39 is 29.0 Å². The highest BCUT2D eigenvalue weighted by molar-refractivity contribution is 7.19. The highest BCUT2D eigenvalue weighted by Crippen LogP contribution is 2.40. The van der Waals surface area contributed by atoms with Crippen LogP contribution in [-0.4, -0.2) is 29.5 Å². The van der Waals surface area contributed by atoms with E-state index in [1.807, 2.05) is 0 Å². The number of carbonyl (C=O) groups excluding carboxylic acids is 1. The topological polar surface area (TPSA) is 58.1 Å². The van der Waals surface area contributed by atoms with Gasteiger partial charge in [0.1, 0.15) is 16.5 Å². The molecule has 0 aliphatic heterocycles. The second-order valence-corrected chi connectivity index (χ2v) is 7.84. The Kier molecular flexibility index (Phi) is 4.70. The number of thiophene rings is 1. The summed E-state index contributed by atoms with van der Waals surface area (Å²) in [6.07, 6.45) is 3.06. The van der Waals surface area contributed by atoms with Crippen molar-refractivity contribution in [2.24, 2.45) is 0 Å². The molecule has 1 aliphatic carbocycles. The molecule has 146 valence electrons. The maximum absolute atomic E-state index is 13.8. The van der Waals surface area contributed by atoms with Gasteiger partial charge in [-0.25, -0.2) is 23.1 Å².